The lowest BCUT2D eigenvalue weighted by Crippen LogP contribution is -2.53. The Morgan fingerprint density at radius 3 is 2.16 bits per heavy atom. The van der Waals surface area contributed by atoms with Gasteiger partial charge < -0.3 is 51.8 Å². The Kier molecular flexibility index (Phi) is 11.3. The van der Waals surface area contributed by atoms with Gasteiger partial charge in [-0.1, -0.05) is 47.6 Å². The fourth-order valence-corrected chi connectivity index (χ4v) is 5.17. The van der Waals surface area contributed by atoms with E-state index in [2.05, 4.69) is 36.4 Å². The number of H-pyrrole nitrogens is 1. The zero-order chi connectivity index (χ0) is 35.6. The molecule has 50 heavy (non-hydrogen) atoms. The molecule has 3 aromatic carbocycles. The molecule has 260 valence electrons. The minimum Gasteiger partial charge on any atom is -0.508 e. The van der Waals surface area contributed by atoms with Crippen molar-refractivity contribution in [1.82, 2.24) is 36.4 Å². The molecule has 0 spiro atoms. The Labute approximate surface area is 285 Å². The average Bonchev–Trinajstić information content (AvgIpc) is 3.75. The molecular formula is C34H36N8O8. The molecule has 2 aromatic heterocycles. The Morgan fingerprint density at radius 1 is 0.820 bits per heavy atom. The van der Waals surface area contributed by atoms with Crippen molar-refractivity contribution in [2.24, 2.45) is 5.73 Å². The number of aromatic hydroxyl groups is 2. The first-order valence-electron chi connectivity index (χ1n) is 15.6. The van der Waals surface area contributed by atoms with E-state index >= 15 is 0 Å². The topological polar surface area (TPSA) is 258 Å². The molecule has 5 aromatic rings. The number of aromatic amines is 1. The quantitative estimate of drug-likeness (QED) is 0.0764. The fraction of sp³-hybridized carbons (Fsp3) is 0.235. The number of benzene rings is 3. The van der Waals surface area contributed by atoms with Crippen molar-refractivity contribution in [3.63, 3.8) is 0 Å². The van der Waals surface area contributed by atoms with Crippen LogP contribution in [0.1, 0.15) is 34.4 Å². The third-order valence-corrected chi connectivity index (χ3v) is 7.76. The van der Waals surface area contributed by atoms with Gasteiger partial charge in [-0.05, 0) is 53.4 Å². The lowest BCUT2D eigenvalue weighted by atomic mass is 10.0. The first-order chi connectivity index (χ1) is 24.0. The number of nitrogens with two attached hydrogens (primary N) is 1. The van der Waals surface area contributed by atoms with Crippen LogP contribution < -0.4 is 27.0 Å². The van der Waals surface area contributed by atoms with Crippen molar-refractivity contribution in [3.05, 3.63) is 107 Å². The van der Waals surface area contributed by atoms with Gasteiger partial charge in [0.1, 0.15) is 23.6 Å². The van der Waals surface area contributed by atoms with E-state index in [-0.39, 0.29) is 42.6 Å². The Hall–Kier alpha value is -6.42. The number of carbonyl (C=O) groups excluding carboxylic acids is 3. The number of phenolic OH excluding ortho intramolecular Hbond substituents is 2. The van der Waals surface area contributed by atoms with Crippen molar-refractivity contribution in [2.75, 3.05) is 6.54 Å². The minimum atomic E-state index is -1.26. The molecule has 0 aliphatic heterocycles. The summed E-state index contributed by atoms with van der Waals surface area (Å²) in [6.45, 7) is -0.741. The van der Waals surface area contributed by atoms with Crippen LogP contribution in [-0.4, -0.2) is 72.9 Å². The van der Waals surface area contributed by atoms with Crippen molar-refractivity contribution in [1.29, 1.82) is 0 Å². The van der Waals surface area contributed by atoms with Crippen LogP contribution in [0.5, 0.6) is 11.5 Å². The Morgan fingerprint density at radius 2 is 1.48 bits per heavy atom. The summed E-state index contributed by atoms with van der Waals surface area (Å²) in [5.74, 6) is -2.28. The van der Waals surface area contributed by atoms with Gasteiger partial charge in [0.05, 0.1) is 19.1 Å². The molecule has 0 bridgehead atoms. The van der Waals surface area contributed by atoms with E-state index in [4.69, 9.17) is 10.3 Å². The van der Waals surface area contributed by atoms with Gasteiger partial charge in [-0.3, -0.25) is 9.59 Å². The van der Waals surface area contributed by atoms with E-state index in [9.17, 15) is 34.5 Å². The summed E-state index contributed by atoms with van der Waals surface area (Å²) in [6, 6.07) is 16.1. The summed E-state index contributed by atoms with van der Waals surface area (Å²) in [6.07, 6.45) is 2.07. The van der Waals surface area contributed by atoms with Gasteiger partial charge in [-0.15, -0.1) is 0 Å². The van der Waals surface area contributed by atoms with E-state index in [1.807, 2.05) is 24.3 Å². The normalized spacial score (nSPS) is 12.8. The smallest absolute Gasteiger partial charge is 0.326 e. The molecule has 16 nitrogen and oxygen atoms in total. The van der Waals surface area contributed by atoms with Crippen LogP contribution in [0.15, 0.2) is 83.5 Å². The summed E-state index contributed by atoms with van der Waals surface area (Å²) in [7, 11) is 0. The highest BCUT2D eigenvalue weighted by Crippen LogP contribution is 2.20. The summed E-state index contributed by atoms with van der Waals surface area (Å²) < 4.78 is 5.20. The monoisotopic (exact) mass is 684 g/mol. The second-order valence-corrected chi connectivity index (χ2v) is 11.5. The molecule has 0 saturated carbocycles. The molecule has 0 aliphatic carbocycles. The standard InChI is InChI=1S/C34H36N8O8/c35-25(13-19-5-9-22(43)10-6-19)31-41-30(50-42-31)18-38-34(49)40-27(14-20-7-11-23(44)12-8-20)32(46)37-17-29(45)39-28(33(47)48)15-21-16-36-26-4-2-1-3-24(21)26/h1-12,16,25,27-28,36,43-44H,13-15,17-18,35H2,(H,37,46)(H,39,45)(H,47,48)(H2,38,40,49). The molecular weight excluding hydrogens is 648 g/mol. The van der Waals surface area contributed by atoms with Gasteiger partial charge >= 0.3 is 12.0 Å². The van der Waals surface area contributed by atoms with Crippen LogP contribution in [0.25, 0.3) is 10.9 Å². The van der Waals surface area contributed by atoms with Crippen molar-refractivity contribution >= 4 is 34.7 Å². The molecule has 0 saturated heterocycles. The van der Waals surface area contributed by atoms with Crippen LogP contribution in [-0.2, 0) is 40.2 Å². The van der Waals surface area contributed by atoms with Crippen molar-refractivity contribution in [2.45, 2.75) is 43.9 Å². The van der Waals surface area contributed by atoms with E-state index in [0.717, 1.165) is 16.5 Å². The Balaban J connectivity index is 1.16. The number of aliphatic carboxylic acids is 1. The predicted molar refractivity (Wildman–Crippen MR) is 179 cm³/mol. The van der Waals surface area contributed by atoms with Gasteiger partial charge in [0.25, 0.3) is 0 Å². The number of nitrogens with one attached hydrogen (secondary N) is 5. The highest BCUT2D eigenvalue weighted by Gasteiger charge is 2.25. The maximum absolute atomic E-state index is 13.2. The van der Waals surface area contributed by atoms with Crippen molar-refractivity contribution < 1.29 is 39.0 Å². The summed E-state index contributed by atoms with van der Waals surface area (Å²) in [4.78, 5) is 58.1. The van der Waals surface area contributed by atoms with E-state index in [0.29, 0.717) is 17.5 Å². The molecule has 16 heteroatoms. The third-order valence-electron chi connectivity index (χ3n) is 7.76. The lowest BCUT2D eigenvalue weighted by molar-refractivity contribution is -0.141. The van der Waals surface area contributed by atoms with Crippen LogP contribution in [0, 0.1) is 0 Å². The van der Waals surface area contributed by atoms with Crippen LogP contribution >= 0.6 is 0 Å². The number of phenols is 2. The summed E-state index contributed by atoms with van der Waals surface area (Å²) in [5.41, 5.74) is 9.17. The number of hydrogen-bond donors (Lipinski definition) is 9. The lowest BCUT2D eigenvalue weighted by Gasteiger charge is -2.19. The molecule has 0 radical (unpaired) electrons. The number of para-hydroxylation sites is 1. The average molecular weight is 685 g/mol. The van der Waals surface area contributed by atoms with Gasteiger partial charge in [-0.2, -0.15) is 4.98 Å². The van der Waals surface area contributed by atoms with Crippen LogP contribution in [0.4, 0.5) is 4.79 Å². The number of nitrogens with zero attached hydrogens (tertiary/aromatic N) is 2. The molecule has 0 aliphatic rings. The van der Waals surface area contributed by atoms with E-state index in [1.165, 1.54) is 12.1 Å². The zero-order valence-electron chi connectivity index (χ0n) is 26.6. The molecule has 5 rings (SSSR count). The second kappa shape index (κ2) is 16.1. The van der Waals surface area contributed by atoms with Gasteiger partial charge in [0, 0.05) is 29.9 Å². The SMILES string of the molecule is NC(Cc1ccc(O)cc1)c1noc(CNC(=O)NC(Cc2ccc(O)cc2)C(=O)NCC(=O)NC(Cc2c[nH]c3ccccc23)C(=O)O)n1. The largest absolute Gasteiger partial charge is 0.508 e. The maximum atomic E-state index is 13.2. The highest BCUT2D eigenvalue weighted by molar-refractivity contribution is 5.92. The number of carboxylic acids is 1. The number of amides is 4. The number of rotatable bonds is 15. The fourth-order valence-electron chi connectivity index (χ4n) is 5.17. The minimum absolute atomic E-state index is 0.00368. The van der Waals surface area contributed by atoms with Crippen LogP contribution in [0.3, 0.4) is 0 Å². The molecule has 3 atom stereocenters. The highest BCUT2D eigenvalue weighted by atomic mass is 16.5. The zero-order valence-corrected chi connectivity index (χ0v) is 26.6. The number of hydrogen-bond acceptors (Lipinski definition) is 10. The maximum Gasteiger partial charge on any atom is 0.326 e. The summed E-state index contributed by atoms with van der Waals surface area (Å²) in [5, 5.41) is 43.6. The molecule has 0 fully saturated rings. The van der Waals surface area contributed by atoms with Gasteiger partial charge in [-0.25, -0.2) is 9.59 Å². The predicted octanol–water partition coefficient (Wildman–Crippen LogP) is 1.54. The number of urea groups is 1. The van der Waals surface area contributed by atoms with Gasteiger partial charge in [0.2, 0.25) is 17.7 Å². The first kappa shape index (κ1) is 34.9. The Bertz CT molecular complexity index is 1940. The van der Waals surface area contributed by atoms with E-state index < -0.39 is 48.5 Å². The van der Waals surface area contributed by atoms with Gasteiger partial charge in [0.15, 0.2) is 5.82 Å². The molecule has 10 N–H and O–H groups in total. The third kappa shape index (κ3) is 9.57. The number of carbonyl (C=O) groups is 4. The first-order valence-corrected chi connectivity index (χ1v) is 15.6. The number of fused-ring (bicyclic) bond motifs is 1. The summed E-state index contributed by atoms with van der Waals surface area (Å²) >= 11 is 0. The van der Waals surface area contributed by atoms with E-state index in [1.54, 1.807) is 42.6 Å². The molecule has 3 unspecified atom stereocenters. The van der Waals surface area contributed by atoms with Crippen molar-refractivity contribution in [3.8, 4) is 11.5 Å². The molecule has 4 amide bonds. The second-order valence-electron chi connectivity index (χ2n) is 11.5. The van der Waals surface area contributed by atoms with Crippen LogP contribution in [0.2, 0.25) is 0 Å². The molecule has 2 heterocycles. The number of aromatic nitrogens is 3. The number of carboxylic acid groups (broad SMARTS) is 1.